The summed E-state index contributed by atoms with van der Waals surface area (Å²) in [6.07, 6.45) is 0. The third kappa shape index (κ3) is 3.11. The van der Waals surface area contributed by atoms with Crippen LogP contribution in [0.3, 0.4) is 0 Å². The Kier molecular flexibility index (Phi) is 4.02. The number of hydrogen-bond acceptors (Lipinski definition) is 5. The minimum atomic E-state index is -3.82. The molecule has 3 N–H and O–H groups in total. The van der Waals surface area contributed by atoms with Gasteiger partial charge in [-0.25, -0.2) is 13.2 Å². The van der Waals surface area contributed by atoms with E-state index in [0.717, 1.165) is 17.4 Å². The molecule has 0 radical (unpaired) electrons. The predicted molar refractivity (Wildman–Crippen MR) is 77.9 cm³/mol. The van der Waals surface area contributed by atoms with Crippen molar-refractivity contribution < 1.29 is 23.4 Å². The second-order valence-corrected chi connectivity index (χ2v) is 8.07. The standard InChI is InChI=1S/C11H8BrNO5S2/c12-9-3-4-10(19-9)20(17,18)13-7-2-1-6(11(15)16)5-8(7)14/h1-5,13-14H,(H,15,16). The molecule has 0 amide bonds. The number of aromatic hydroxyl groups is 1. The van der Waals surface area contributed by atoms with Crippen LogP contribution in [0.2, 0.25) is 0 Å². The lowest BCUT2D eigenvalue weighted by molar-refractivity contribution is 0.0696. The summed E-state index contributed by atoms with van der Waals surface area (Å²) in [4.78, 5) is 10.7. The van der Waals surface area contributed by atoms with Crippen molar-refractivity contribution in [1.82, 2.24) is 0 Å². The van der Waals surface area contributed by atoms with Crippen LogP contribution in [0.5, 0.6) is 5.75 Å². The van der Waals surface area contributed by atoms with Gasteiger partial charge in [0.1, 0.15) is 9.96 Å². The first kappa shape index (κ1) is 14.8. The Hall–Kier alpha value is -1.58. The fourth-order valence-electron chi connectivity index (χ4n) is 1.39. The molecule has 6 nitrogen and oxygen atoms in total. The molecule has 1 heterocycles. The second kappa shape index (κ2) is 5.43. The van der Waals surface area contributed by atoms with Gasteiger partial charge in [-0.2, -0.15) is 0 Å². The van der Waals surface area contributed by atoms with E-state index in [1.165, 1.54) is 18.2 Å². The SMILES string of the molecule is O=C(O)c1ccc(NS(=O)(=O)c2ccc(Br)s2)c(O)c1. The van der Waals surface area contributed by atoms with Crippen LogP contribution in [-0.4, -0.2) is 24.6 Å². The van der Waals surface area contributed by atoms with Crippen LogP contribution >= 0.6 is 27.3 Å². The molecular weight excluding hydrogens is 370 g/mol. The molecule has 0 saturated carbocycles. The van der Waals surface area contributed by atoms with Crippen molar-refractivity contribution in [2.45, 2.75) is 4.21 Å². The number of hydrogen-bond donors (Lipinski definition) is 3. The number of aromatic carboxylic acids is 1. The summed E-state index contributed by atoms with van der Waals surface area (Å²) in [6, 6.07) is 6.38. The molecule has 20 heavy (non-hydrogen) atoms. The molecule has 2 aromatic rings. The lowest BCUT2D eigenvalue weighted by Crippen LogP contribution is -2.11. The van der Waals surface area contributed by atoms with Crippen molar-refractivity contribution in [3.63, 3.8) is 0 Å². The number of anilines is 1. The monoisotopic (exact) mass is 377 g/mol. The first-order chi connectivity index (χ1) is 9.29. The average molecular weight is 378 g/mol. The fourth-order valence-corrected chi connectivity index (χ4v) is 4.47. The Morgan fingerprint density at radius 2 is 1.95 bits per heavy atom. The summed E-state index contributed by atoms with van der Waals surface area (Å²) in [5.41, 5.74) is -0.219. The summed E-state index contributed by atoms with van der Waals surface area (Å²) in [6.45, 7) is 0. The van der Waals surface area contributed by atoms with Gasteiger partial charge in [0, 0.05) is 0 Å². The van der Waals surface area contributed by atoms with Crippen molar-refractivity contribution in [1.29, 1.82) is 0 Å². The zero-order chi connectivity index (χ0) is 14.9. The Bertz CT molecular complexity index is 769. The highest BCUT2D eigenvalue weighted by atomic mass is 79.9. The summed E-state index contributed by atoms with van der Waals surface area (Å²) in [5, 5.41) is 18.4. The zero-order valence-electron chi connectivity index (χ0n) is 9.70. The molecule has 106 valence electrons. The number of phenolic OH excluding ortho intramolecular Hbond substituents is 1. The van der Waals surface area contributed by atoms with Crippen molar-refractivity contribution in [3.05, 3.63) is 39.7 Å². The highest BCUT2D eigenvalue weighted by Gasteiger charge is 2.18. The molecule has 0 aliphatic heterocycles. The van der Waals surface area contributed by atoms with Gasteiger partial charge in [-0.1, -0.05) is 0 Å². The summed E-state index contributed by atoms with van der Waals surface area (Å²) < 4.78 is 27.0. The molecule has 0 spiro atoms. The number of carboxylic acid groups (broad SMARTS) is 1. The van der Waals surface area contributed by atoms with Crippen molar-refractivity contribution in [2.24, 2.45) is 0 Å². The van der Waals surface area contributed by atoms with Crippen LogP contribution in [0.25, 0.3) is 0 Å². The fraction of sp³-hybridized carbons (Fsp3) is 0. The first-order valence-corrected chi connectivity index (χ1v) is 8.23. The number of halogens is 1. The van der Waals surface area contributed by atoms with Gasteiger partial charge in [-0.3, -0.25) is 4.72 Å². The lowest BCUT2D eigenvalue weighted by atomic mass is 10.2. The molecule has 0 aliphatic carbocycles. The molecule has 0 saturated heterocycles. The number of rotatable bonds is 4. The molecule has 0 fully saturated rings. The number of benzene rings is 1. The maximum Gasteiger partial charge on any atom is 0.335 e. The van der Waals surface area contributed by atoms with Gasteiger partial charge in [-0.15, -0.1) is 11.3 Å². The van der Waals surface area contributed by atoms with Crippen LogP contribution in [0.1, 0.15) is 10.4 Å². The first-order valence-electron chi connectivity index (χ1n) is 5.14. The Labute approximate surface area is 126 Å². The Morgan fingerprint density at radius 3 is 2.45 bits per heavy atom. The van der Waals surface area contributed by atoms with E-state index in [-0.39, 0.29) is 15.5 Å². The summed E-state index contributed by atoms with van der Waals surface area (Å²) >= 11 is 4.18. The average Bonchev–Trinajstić information content (AvgIpc) is 2.79. The molecule has 0 unspecified atom stereocenters. The number of carbonyl (C=O) groups is 1. The second-order valence-electron chi connectivity index (χ2n) is 3.70. The van der Waals surface area contributed by atoms with Gasteiger partial charge in [0.15, 0.2) is 0 Å². The molecule has 0 aliphatic rings. The molecule has 1 aromatic carbocycles. The number of sulfonamides is 1. The maximum atomic E-state index is 12.0. The number of carboxylic acids is 1. The van der Waals surface area contributed by atoms with Gasteiger partial charge in [-0.05, 0) is 46.3 Å². The minimum absolute atomic E-state index is 0.0751. The van der Waals surface area contributed by atoms with Crippen LogP contribution in [-0.2, 0) is 10.0 Å². The topological polar surface area (TPSA) is 104 Å². The number of thiophene rings is 1. The zero-order valence-corrected chi connectivity index (χ0v) is 12.9. The maximum absolute atomic E-state index is 12.0. The van der Waals surface area contributed by atoms with Crippen LogP contribution in [0.15, 0.2) is 38.3 Å². The smallest absolute Gasteiger partial charge is 0.335 e. The van der Waals surface area contributed by atoms with E-state index in [4.69, 9.17) is 5.11 Å². The molecule has 0 bridgehead atoms. The van der Waals surface area contributed by atoms with E-state index < -0.39 is 21.7 Å². The normalized spacial score (nSPS) is 11.2. The highest BCUT2D eigenvalue weighted by molar-refractivity contribution is 9.11. The molecular formula is C11H8BrNO5S2. The largest absolute Gasteiger partial charge is 0.506 e. The predicted octanol–water partition coefficient (Wildman–Crippen LogP) is 2.72. The van der Waals surface area contributed by atoms with E-state index in [0.29, 0.717) is 3.79 Å². The van der Waals surface area contributed by atoms with Crippen LogP contribution < -0.4 is 4.72 Å². The highest BCUT2D eigenvalue weighted by Crippen LogP contribution is 2.30. The molecule has 9 heteroatoms. The summed E-state index contributed by atoms with van der Waals surface area (Å²) in [5.74, 6) is -1.67. The molecule has 0 atom stereocenters. The van der Waals surface area contributed by atoms with E-state index in [2.05, 4.69) is 20.7 Å². The van der Waals surface area contributed by atoms with E-state index >= 15 is 0 Å². The van der Waals surface area contributed by atoms with Gasteiger partial charge in [0.25, 0.3) is 10.0 Å². The molecule has 2 rings (SSSR count). The Balaban J connectivity index is 2.32. The Morgan fingerprint density at radius 1 is 1.25 bits per heavy atom. The third-order valence-corrected chi connectivity index (χ3v) is 5.78. The van der Waals surface area contributed by atoms with Crippen LogP contribution in [0.4, 0.5) is 5.69 Å². The minimum Gasteiger partial charge on any atom is -0.506 e. The number of phenols is 1. The van der Waals surface area contributed by atoms with Crippen LogP contribution in [0, 0.1) is 0 Å². The quantitative estimate of drug-likeness (QED) is 0.710. The van der Waals surface area contributed by atoms with E-state index in [1.807, 2.05) is 0 Å². The van der Waals surface area contributed by atoms with E-state index in [9.17, 15) is 18.3 Å². The van der Waals surface area contributed by atoms with Crippen molar-refractivity contribution in [3.8, 4) is 5.75 Å². The van der Waals surface area contributed by atoms with Gasteiger partial charge in [0.05, 0.1) is 15.0 Å². The summed E-state index contributed by atoms with van der Waals surface area (Å²) in [7, 11) is -3.82. The van der Waals surface area contributed by atoms with Gasteiger partial charge < -0.3 is 10.2 Å². The van der Waals surface area contributed by atoms with Gasteiger partial charge in [0.2, 0.25) is 0 Å². The van der Waals surface area contributed by atoms with Gasteiger partial charge >= 0.3 is 5.97 Å². The third-order valence-electron chi connectivity index (χ3n) is 2.30. The van der Waals surface area contributed by atoms with Crippen molar-refractivity contribution >= 4 is 48.9 Å². The molecule has 1 aromatic heterocycles. The number of nitrogens with one attached hydrogen (secondary N) is 1. The lowest BCUT2D eigenvalue weighted by Gasteiger charge is -2.08. The van der Waals surface area contributed by atoms with Crippen molar-refractivity contribution in [2.75, 3.05) is 4.72 Å². The van der Waals surface area contributed by atoms with E-state index in [1.54, 1.807) is 6.07 Å².